The maximum absolute atomic E-state index is 5.65. The Labute approximate surface area is 104 Å². The van der Waals surface area contributed by atoms with Crippen LogP contribution >= 0.6 is 0 Å². The molecule has 1 heterocycles. The van der Waals surface area contributed by atoms with Gasteiger partial charge in [0.15, 0.2) is 5.82 Å². The number of hydrogen-bond donors (Lipinski definition) is 1. The van der Waals surface area contributed by atoms with E-state index in [1.54, 1.807) is 0 Å². The van der Waals surface area contributed by atoms with Crippen molar-refractivity contribution in [2.45, 2.75) is 46.3 Å². The van der Waals surface area contributed by atoms with Gasteiger partial charge in [0.25, 0.3) is 0 Å². The molecule has 1 rings (SSSR count). The van der Waals surface area contributed by atoms with Gasteiger partial charge in [0.05, 0.1) is 0 Å². The molecule has 0 spiro atoms. The number of aromatic nitrogens is 2. The van der Waals surface area contributed by atoms with Crippen molar-refractivity contribution in [1.29, 1.82) is 0 Å². The summed E-state index contributed by atoms with van der Waals surface area (Å²) in [4.78, 5) is 8.79. The molecular formula is C13H23N3O. The van der Waals surface area contributed by atoms with Gasteiger partial charge in [-0.25, -0.2) is 9.97 Å². The van der Waals surface area contributed by atoms with E-state index in [0.717, 1.165) is 37.3 Å². The number of ether oxygens (including phenoxy) is 1. The third kappa shape index (κ3) is 4.79. The summed E-state index contributed by atoms with van der Waals surface area (Å²) in [6.07, 6.45) is 5.85. The van der Waals surface area contributed by atoms with Crippen LogP contribution in [-0.4, -0.2) is 23.1 Å². The molecule has 1 unspecified atom stereocenters. The fourth-order valence-electron chi connectivity index (χ4n) is 1.64. The molecule has 1 aromatic rings. The lowest BCUT2D eigenvalue weighted by Gasteiger charge is -2.14. The highest BCUT2D eigenvalue weighted by molar-refractivity contribution is 5.06. The number of nitrogens with zero attached hydrogens (tertiary/aromatic N) is 2. The molecule has 0 radical (unpaired) electrons. The van der Waals surface area contributed by atoms with E-state index in [2.05, 4.69) is 29.1 Å². The van der Waals surface area contributed by atoms with Crippen LogP contribution in [0.25, 0.3) is 0 Å². The van der Waals surface area contributed by atoms with Crippen molar-refractivity contribution in [2.75, 3.05) is 13.2 Å². The second-order valence-electron chi connectivity index (χ2n) is 3.96. The first-order valence-corrected chi connectivity index (χ1v) is 6.44. The van der Waals surface area contributed by atoms with Crippen LogP contribution in [0.2, 0.25) is 0 Å². The first-order chi connectivity index (χ1) is 8.31. The molecule has 0 amide bonds. The molecule has 0 saturated heterocycles. The van der Waals surface area contributed by atoms with E-state index < -0.39 is 0 Å². The van der Waals surface area contributed by atoms with E-state index in [1.165, 1.54) is 0 Å². The molecule has 0 aliphatic carbocycles. The fraction of sp³-hybridized carbons (Fsp3) is 0.692. The predicted molar refractivity (Wildman–Crippen MR) is 68.7 cm³/mol. The summed E-state index contributed by atoms with van der Waals surface area (Å²) < 4.78 is 5.65. The largest absolute Gasteiger partial charge is 0.371 e. The number of nitrogens with one attached hydrogen (secondary N) is 1. The van der Waals surface area contributed by atoms with Crippen molar-refractivity contribution in [1.82, 2.24) is 15.3 Å². The van der Waals surface area contributed by atoms with Gasteiger partial charge < -0.3 is 10.1 Å². The Hall–Kier alpha value is -1.00. The van der Waals surface area contributed by atoms with E-state index in [4.69, 9.17) is 4.74 Å². The lowest BCUT2D eigenvalue weighted by molar-refractivity contribution is 0.0493. The van der Waals surface area contributed by atoms with E-state index in [0.29, 0.717) is 6.61 Å². The smallest absolute Gasteiger partial charge is 0.157 e. The maximum atomic E-state index is 5.65. The van der Waals surface area contributed by atoms with E-state index >= 15 is 0 Å². The average molecular weight is 237 g/mol. The molecule has 0 aliphatic heterocycles. The highest BCUT2D eigenvalue weighted by Gasteiger charge is 2.13. The third-order valence-corrected chi connectivity index (χ3v) is 2.51. The van der Waals surface area contributed by atoms with Gasteiger partial charge in [0.1, 0.15) is 6.10 Å². The molecule has 0 fully saturated rings. The van der Waals surface area contributed by atoms with Crippen molar-refractivity contribution in [3.05, 3.63) is 23.8 Å². The molecule has 17 heavy (non-hydrogen) atoms. The molecule has 0 aliphatic rings. The van der Waals surface area contributed by atoms with Gasteiger partial charge in [-0.2, -0.15) is 0 Å². The molecule has 1 atom stereocenters. The third-order valence-electron chi connectivity index (χ3n) is 2.51. The highest BCUT2D eigenvalue weighted by Crippen LogP contribution is 2.18. The second kappa shape index (κ2) is 8.14. The minimum Gasteiger partial charge on any atom is -0.371 e. The van der Waals surface area contributed by atoms with Gasteiger partial charge in [-0.1, -0.05) is 20.3 Å². The minimum absolute atomic E-state index is 0.0400. The Bertz CT molecular complexity index is 294. The van der Waals surface area contributed by atoms with Gasteiger partial charge in [-0.15, -0.1) is 0 Å². The summed E-state index contributed by atoms with van der Waals surface area (Å²) in [5, 5.41) is 3.25. The molecule has 0 bridgehead atoms. The molecule has 96 valence electrons. The van der Waals surface area contributed by atoms with Crippen LogP contribution in [-0.2, 0) is 11.3 Å². The summed E-state index contributed by atoms with van der Waals surface area (Å²) in [6.45, 7) is 8.71. The molecule has 4 heteroatoms. The normalized spacial score (nSPS) is 12.6. The van der Waals surface area contributed by atoms with Crippen molar-refractivity contribution >= 4 is 0 Å². The lowest BCUT2D eigenvalue weighted by atomic mass is 10.2. The first kappa shape index (κ1) is 14.1. The Morgan fingerprint density at radius 1 is 1.24 bits per heavy atom. The Kier molecular flexibility index (Phi) is 6.74. The standard InChI is InChI=1S/C13H23N3O/c1-4-7-12(17-6-3)13-15-9-11(10-16-13)8-14-5-2/h9-10,12,14H,4-8H2,1-3H3. The van der Waals surface area contributed by atoms with Gasteiger partial charge in [0.2, 0.25) is 0 Å². The van der Waals surface area contributed by atoms with Gasteiger partial charge in [0, 0.05) is 31.1 Å². The monoisotopic (exact) mass is 237 g/mol. The maximum Gasteiger partial charge on any atom is 0.157 e. The summed E-state index contributed by atoms with van der Waals surface area (Å²) in [5.41, 5.74) is 1.11. The summed E-state index contributed by atoms with van der Waals surface area (Å²) in [7, 11) is 0. The molecule has 0 aromatic carbocycles. The molecule has 4 nitrogen and oxygen atoms in total. The van der Waals surface area contributed by atoms with Crippen molar-refractivity contribution in [2.24, 2.45) is 0 Å². The van der Waals surface area contributed by atoms with Gasteiger partial charge in [-0.3, -0.25) is 0 Å². The molecular weight excluding hydrogens is 214 g/mol. The quantitative estimate of drug-likeness (QED) is 0.754. The second-order valence-corrected chi connectivity index (χ2v) is 3.96. The Morgan fingerprint density at radius 3 is 2.47 bits per heavy atom. The van der Waals surface area contributed by atoms with Crippen LogP contribution in [0.15, 0.2) is 12.4 Å². The molecule has 1 N–H and O–H groups in total. The molecule has 0 saturated carbocycles. The zero-order valence-electron chi connectivity index (χ0n) is 11.1. The topological polar surface area (TPSA) is 47.0 Å². The highest BCUT2D eigenvalue weighted by atomic mass is 16.5. The number of rotatable bonds is 8. The zero-order chi connectivity index (χ0) is 12.5. The predicted octanol–water partition coefficient (Wildman–Crippen LogP) is 2.46. The van der Waals surface area contributed by atoms with Crippen molar-refractivity contribution in [3.8, 4) is 0 Å². The summed E-state index contributed by atoms with van der Waals surface area (Å²) in [6, 6.07) is 0. The van der Waals surface area contributed by atoms with Gasteiger partial charge >= 0.3 is 0 Å². The van der Waals surface area contributed by atoms with Crippen LogP contribution in [0, 0.1) is 0 Å². The van der Waals surface area contributed by atoms with E-state index in [1.807, 2.05) is 19.3 Å². The zero-order valence-corrected chi connectivity index (χ0v) is 11.1. The van der Waals surface area contributed by atoms with E-state index in [9.17, 15) is 0 Å². The van der Waals surface area contributed by atoms with Crippen LogP contribution in [0.3, 0.4) is 0 Å². The summed E-state index contributed by atoms with van der Waals surface area (Å²) in [5.74, 6) is 0.800. The Morgan fingerprint density at radius 2 is 1.94 bits per heavy atom. The van der Waals surface area contributed by atoms with E-state index in [-0.39, 0.29) is 6.10 Å². The average Bonchev–Trinajstić information content (AvgIpc) is 2.37. The van der Waals surface area contributed by atoms with Crippen molar-refractivity contribution < 1.29 is 4.74 Å². The van der Waals surface area contributed by atoms with Crippen LogP contribution in [0.1, 0.15) is 51.1 Å². The Balaban J connectivity index is 2.63. The van der Waals surface area contributed by atoms with Crippen LogP contribution < -0.4 is 5.32 Å². The van der Waals surface area contributed by atoms with Crippen LogP contribution in [0.5, 0.6) is 0 Å². The number of hydrogen-bond acceptors (Lipinski definition) is 4. The van der Waals surface area contributed by atoms with Gasteiger partial charge in [-0.05, 0) is 19.9 Å². The molecule has 1 aromatic heterocycles. The SMILES string of the molecule is CCCC(OCC)c1ncc(CNCC)cn1. The minimum atomic E-state index is 0.0400. The fourth-order valence-corrected chi connectivity index (χ4v) is 1.64. The van der Waals surface area contributed by atoms with Crippen LogP contribution in [0.4, 0.5) is 0 Å². The first-order valence-electron chi connectivity index (χ1n) is 6.44. The summed E-state index contributed by atoms with van der Waals surface area (Å²) >= 11 is 0. The lowest BCUT2D eigenvalue weighted by Crippen LogP contribution is -2.14. The van der Waals surface area contributed by atoms with Crippen molar-refractivity contribution in [3.63, 3.8) is 0 Å².